The van der Waals surface area contributed by atoms with Crippen LogP contribution in [0.1, 0.15) is 37.4 Å². The Labute approximate surface area is 95.8 Å². The van der Waals surface area contributed by atoms with Gasteiger partial charge in [0.25, 0.3) is 0 Å². The summed E-state index contributed by atoms with van der Waals surface area (Å²) < 4.78 is 19.2. The molecule has 0 saturated heterocycles. The van der Waals surface area contributed by atoms with E-state index < -0.39 is 0 Å². The Hall–Kier alpha value is -1.09. The van der Waals surface area contributed by atoms with Crippen molar-refractivity contribution < 1.29 is 9.13 Å². The molecule has 2 unspecified atom stereocenters. The van der Waals surface area contributed by atoms with Crippen LogP contribution in [-0.2, 0) is 0 Å². The molecule has 2 atom stereocenters. The number of hydrogen-bond donors (Lipinski definition) is 1. The molecule has 2 rings (SSSR count). The summed E-state index contributed by atoms with van der Waals surface area (Å²) in [5, 5.41) is 3.41. The predicted octanol–water partition coefficient (Wildman–Crippen LogP) is 2.96. The van der Waals surface area contributed by atoms with Crippen LogP contribution in [0.25, 0.3) is 0 Å². The highest BCUT2D eigenvalue weighted by Crippen LogP contribution is 2.40. The summed E-state index contributed by atoms with van der Waals surface area (Å²) in [5.74, 6) is 0.175. The van der Waals surface area contributed by atoms with Gasteiger partial charge in [0.1, 0.15) is 6.10 Å². The topological polar surface area (TPSA) is 21.3 Å². The molecule has 0 bridgehead atoms. The third kappa shape index (κ3) is 1.80. The van der Waals surface area contributed by atoms with E-state index in [4.69, 9.17) is 4.74 Å². The molecule has 1 N–H and O–H groups in total. The minimum absolute atomic E-state index is 0.00264. The zero-order chi connectivity index (χ0) is 11.7. The molecule has 1 aromatic carbocycles. The van der Waals surface area contributed by atoms with E-state index in [1.807, 2.05) is 19.9 Å². The van der Waals surface area contributed by atoms with Crippen LogP contribution in [0.3, 0.4) is 0 Å². The van der Waals surface area contributed by atoms with Crippen LogP contribution in [0.15, 0.2) is 12.1 Å². The first-order valence-corrected chi connectivity index (χ1v) is 5.84. The number of benzene rings is 1. The molecular formula is C13H18FNO. The lowest BCUT2D eigenvalue weighted by molar-refractivity contribution is 0.203. The van der Waals surface area contributed by atoms with Crippen LogP contribution in [0, 0.1) is 12.7 Å². The monoisotopic (exact) mass is 223 g/mol. The molecule has 1 aliphatic heterocycles. The Kier molecular flexibility index (Phi) is 3.15. The summed E-state index contributed by atoms with van der Waals surface area (Å²) in [5.41, 5.74) is 2.08. The van der Waals surface area contributed by atoms with Crippen LogP contribution < -0.4 is 10.1 Å². The maximum atomic E-state index is 13.6. The first-order valence-electron chi connectivity index (χ1n) is 5.84. The van der Waals surface area contributed by atoms with Crippen LogP contribution in [0.2, 0.25) is 0 Å². The van der Waals surface area contributed by atoms with Gasteiger partial charge in [0.05, 0.1) is 6.04 Å². The molecule has 0 amide bonds. The summed E-state index contributed by atoms with van der Waals surface area (Å²) in [6.07, 6.45) is 1.06. The lowest BCUT2D eigenvalue weighted by Gasteiger charge is -2.17. The number of hydrogen-bond acceptors (Lipinski definition) is 2. The second-order valence-corrected chi connectivity index (χ2v) is 4.36. The van der Waals surface area contributed by atoms with Crippen molar-refractivity contribution >= 4 is 0 Å². The third-order valence-corrected chi connectivity index (χ3v) is 3.06. The average Bonchev–Trinajstić information content (AvgIpc) is 2.59. The van der Waals surface area contributed by atoms with Gasteiger partial charge in [0.2, 0.25) is 0 Å². The number of halogens is 1. The highest BCUT2D eigenvalue weighted by molar-refractivity contribution is 5.46. The largest absolute Gasteiger partial charge is 0.485 e. The van der Waals surface area contributed by atoms with E-state index in [-0.39, 0.29) is 18.0 Å². The van der Waals surface area contributed by atoms with E-state index in [2.05, 4.69) is 12.2 Å². The number of nitrogens with one attached hydrogen (secondary N) is 1. The molecule has 0 fully saturated rings. The lowest BCUT2D eigenvalue weighted by atomic mass is 9.99. The number of rotatable bonds is 3. The fourth-order valence-electron chi connectivity index (χ4n) is 2.23. The molecular weight excluding hydrogens is 205 g/mol. The number of ether oxygens (including phenoxy) is 1. The fraction of sp³-hybridized carbons (Fsp3) is 0.538. The van der Waals surface area contributed by atoms with Crippen LogP contribution in [0.5, 0.6) is 5.75 Å². The number of fused-ring (bicyclic) bond motifs is 1. The zero-order valence-corrected chi connectivity index (χ0v) is 10.0. The van der Waals surface area contributed by atoms with Crippen molar-refractivity contribution in [3.05, 3.63) is 29.1 Å². The van der Waals surface area contributed by atoms with E-state index in [9.17, 15) is 4.39 Å². The standard InChI is InChI=1S/C13H18FNO/c1-4-7-15-12-9(3)16-13-10(14)6-5-8(2)11(12)13/h5-6,9,12,15H,4,7H2,1-3H3. The molecule has 1 aliphatic rings. The molecule has 0 saturated carbocycles. The van der Waals surface area contributed by atoms with Gasteiger partial charge in [-0.05, 0) is 38.4 Å². The van der Waals surface area contributed by atoms with E-state index >= 15 is 0 Å². The van der Waals surface area contributed by atoms with E-state index in [1.54, 1.807) is 0 Å². The van der Waals surface area contributed by atoms with Gasteiger partial charge in [-0.2, -0.15) is 0 Å². The fourth-order valence-corrected chi connectivity index (χ4v) is 2.23. The molecule has 0 spiro atoms. The summed E-state index contributed by atoms with van der Waals surface area (Å²) in [7, 11) is 0. The van der Waals surface area contributed by atoms with Crippen molar-refractivity contribution in [3.8, 4) is 5.75 Å². The lowest BCUT2D eigenvalue weighted by Crippen LogP contribution is -2.29. The maximum absolute atomic E-state index is 13.6. The molecule has 88 valence electrons. The van der Waals surface area contributed by atoms with Crippen molar-refractivity contribution in [2.75, 3.05) is 6.54 Å². The Morgan fingerprint density at radius 3 is 2.88 bits per heavy atom. The van der Waals surface area contributed by atoms with Gasteiger partial charge in [-0.3, -0.25) is 0 Å². The van der Waals surface area contributed by atoms with Crippen molar-refractivity contribution in [2.24, 2.45) is 0 Å². The smallest absolute Gasteiger partial charge is 0.165 e. The summed E-state index contributed by atoms with van der Waals surface area (Å²) in [6.45, 7) is 7.02. The van der Waals surface area contributed by atoms with Gasteiger partial charge in [-0.1, -0.05) is 13.0 Å². The van der Waals surface area contributed by atoms with Crippen molar-refractivity contribution in [2.45, 2.75) is 39.3 Å². The van der Waals surface area contributed by atoms with Gasteiger partial charge in [0.15, 0.2) is 11.6 Å². The Morgan fingerprint density at radius 1 is 1.44 bits per heavy atom. The highest BCUT2D eigenvalue weighted by Gasteiger charge is 2.34. The van der Waals surface area contributed by atoms with Crippen LogP contribution >= 0.6 is 0 Å². The SMILES string of the molecule is CCCNC1c2c(C)ccc(F)c2OC1C. The van der Waals surface area contributed by atoms with E-state index in [0.29, 0.717) is 5.75 Å². The molecule has 0 aliphatic carbocycles. The van der Waals surface area contributed by atoms with Crippen molar-refractivity contribution in [1.82, 2.24) is 5.32 Å². The first kappa shape index (κ1) is 11.4. The molecule has 0 aromatic heterocycles. The molecule has 1 heterocycles. The average molecular weight is 223 g/mol. The summed E-state index contributed by atoms with van der Waals surface area (Å²) >= 11 is 0. The van der Waals surface area contributed by atoms with E-state index in [1.165, 1.54) is 6.07 Å². The Bertz CT molecular complexity index is 392. The predicted molar refractivity (Wildman–Crippen MR) is 62.3 cm³/mol. The van der Waals surface area contributed by atoms with E-state index in [0.717, 1.165) is 24.1 Å². The highest BCUT2D eigenvalue weighted by atomic mass is 19.1. The zero-order valence-electron chi connectivity index (χ0n) is 10.0. The second-order valence-electron chi connectivity index (χ2n) is 4.36. The van der Waals surface area contributed by atoms with Crippen LogP contribution in [0.4, 0.5) is 4.39 Å². The first-order chi connectivity index (χ1) is 7.65. The van der Waals surface area contributed by atoms with Crippen molar-refractivity contribution in [3.63, 3.8) is 0 Å². The quantitative estimate of drug-likeness (QED) is 0.850. The van der Waals surface area contributed by atoms with Gasteiger partial charge in [-0.15, -0.1) is 0 Å². The summed E-state index contributed by atoms with van der Waals surface area (Å²) in [6, 6.07) is 3.41. The van der Waals surface area contributed by atoms with Gasteiger partial charge in [0, 0.05) is 5.56 Å². The minimum Gasteiger partial charge on any atom is -0.485 e. The Balaban J connectivity index is 2.35. The number of aryl methyl sites for hydroxylation is 1. The second kappa shape index (κ2) is 4.42. The molecule has 3 heteroatoms. The third-order valence-electron chi connectivity index (χ3n) is 3.06. The minimum atomic E-state index is -0.256. The van der Waals surface area contributed by atoms with Gasteiger partial charge < -0.3 is 10.1 Å². The Morgan fingerprint density at radius 2 is 2.19 bits per heavy atom. The molecule has 0 radical (unpaired) electrons. The van der Waals surface area contributed by atoms with Crippen LogP contribution in [-0.4, -0.2) is 12.6 Å². The molecule has 1 aromatic rings. The molecule has 16 heavy (non-hydrogen) atoms. The summed E-state index contributed by atoms with van der Waals surface area (Å²) in [4.78, 5) is 0. The molecule has 2 nitrogen and oxygen atoms in total. The van der Waals surface area contributed by atoms with Gasteiger partial charge in [-0.25, -0.2) is 4.39 Å². The maximum Gasteiger partial charge on any atom is 0.165 e. The van der Waals surface area contributed by atoms with Crippen molar-refractivity contribution in [1.29, 1.82) is 0 Å². The normalized spacial score (nSPS) is 23.0. The van der Waals surface area contributed by atoms with Gasteiger partial charge >= 0.3 is 0 Å².